The number of carbonyl (C=O) groups is 1. The van der Waals surface area contributed by atoms with Crippen molar-refractivity contribution in [1.82, 2.24) is 4.98 Å². The molecule has 0 aliphatic rings. The summed E-state index contributed by atoms with van der Waals surface area (Å²) in [7, 11) is 6.42. The van der Waals surface area contributed by atoms with Crippen LogP contribution in [0.1, 0.15) is 10.4 Å². The van der Waals surface area contributed by atoms with Crippen molar-refractivity contribution in [3.8, 4) is 0 Å². The largest absolute Gasteiger partial charge is 0.450 e. The molecule has 0 aliphatic heterocycles. The Morgan fingerprint density at radius 1 is 1.47 bits per heavy atom. The molecule has 7 heteroatoms. The maximum Gasteiger partial charge on any atom is 0.340 e. The van der Waals surface area contributed by atoms with Gasteiger partial charge in [-0.3, -0.25) is 4.98 Å². The highest BCUT2D eigenvalue weighted by Crippen LogP contribution is 2.42. The highest BCUT2D eigenvalue weighted by molar-refractivity contribution is 9.26. The monoisotopic (exact) mass is 305 g/mol. The molecule has 1 heterocycles. The van der Waals surface area contributed by atoms with Gasteiger partial charge in [-0.05, 0) is 42.6 Å². The molecule has 0 unspecified atom stereocenters. The molecule has 0 amide bonds. The van der Waals surface area contributed by atoms with Crippen molar-refractivity contribution in [2.75, 3.05) is 11.7 Å². The molecule has 0 saturated heterocycles. The predicted molar refractivity (Wildman–Crippen MR) is 79.9 cm³/mol. The van der Waals surface area contributed by atoms with E-state index in [1.165, 1.54) is 17.0 Å². The van der Waals surface area contributed by atoms with Crippen molar-refractivity contribution < 1.29 is 9.53 Å². The van der Waals surface area contributed by atoms with Crippen LogP contribution in [0.15, 0.2) is 37.2 Å². The molecule has 0 spiro atoms. The Morgan fingerprint density at radius 3 is 3.00 bits per heavy atom. The van der Waals surface area contributed by atoms with Gasteiger partial charge >= 0.3 is 5.97 Å². The lowest BCUT2D eigenvalue weighted by molar-refractivity contribution is 0.0580. The molecule has 1 aromatic heterocycles. The van der Waals surface area contributed by atoms with Crippen LogP contribution in [0, 0.1) is 0 Å². The Morgan fingerprint density at radius 2 is 2.29 bits per heavy atom. The van der Waals surface area contributed by atoms with Gasteiger partial charge in [0.05, 0.1) is 5.56 Å². The molecular formula is C10H11NO2S4. The summed E-state index contributed by atoms with van der Waals surface area (Å²) < 4.78 is 5.06. The Hall–Kier alpha value is -0.240. The molecule has 0 N–H and O–H groups in total. The molecule has 0 aliphatic carbocycles. The standard InChI is InChI=1S/C10H11NO2S4/c1-2-6-14-16-17-15-8-13-10(12)9-4-3-5-11-7-9/h2-5,7H,1,6,8H2. The van der Waals surface area contributed by atoms with Crippen molar-refractivity contribution in [2.24, 2.45) is 0 Å². The zero-order valence-electron chi connectivity index (χ0n) is 8.90. The van der Waals surface area contributed by atoms with E-state index in [1.807, 2.05) is 6.08 Å². The topological polar surface area (TPSA) is 39.2 Å². The van der Waals surface area contributed by atoms with Crippen LogP contribution in [-0.2, 0) is 4.74 Å². The number of aromatic nitrogens is 1. The summed E-state index contributed by atoms with van der Waals surface area (Å²) in [5.41, 5.74) is 0.479. The summed E-state index contributed by atoms with van der Waals surface area (Å²) in [6, 6.07) is 3.39. The Labute approximate surface area is 116 Å². The van der Waals surface area contributed by atoms with E-state index in [-0.39, 0.29) is 5.97 Å². The normalized spacial score (nSPS) is 9.88. The van der Waals surface area contributed by atoms with Gasteiger partial charge in [0.2, 0.25) is 0 Å². The second kappa shape index (κ2) is 9.76. The van der Waals surface area contributed by atoms with Crippen LogP contribution < -0.4 is 0 Å². The van der Waals surface area contributed by atoms with Crippen molar-refractivity contribution in [2.45, 2.75) is 0 Å². The highest BCUT2D eigenvalue weighted by Gasteiger charge is 2.06. The zero-order chi connectivity index (χ0) is 12.3. The summed E-state index contributed by atoms with van der Waals surface area (Å²) in [4.78, 5) is 15.3. The van der Waals surface area contributed by atoms with Crippen LogP contribution in [0.4, 0.5) is 0 Å². The van der Waals surface area contributed by atoms with Crippen molar-refractivity contribution in [3.63, 3.8) is 0 Å². The quantitative estimate of drug-likeness (QED) is 0.236. The number of nitrogens with zero attached hydrogens (tertiary/aromatic N) is 1. The van der Waals surface area contributed by atoms with E-state index in [2.05, 4.69) is 11.6 Å². The first-order valence-corrected chi connectivity index (χ1v) is 9.76. The third-order valence-electron chi connectivity index (χ3n) is 1.45. The first kappa shape index (κ1) is 14.8. The van der Waals surface area contributed by atoms with Gasteiger partial charge in [0.25, 0.3) is 0 Å². The summed E-state index contributed by atoms with van der Waals surface area (Å²) in [5.74, 6) is 0.906. The second-order valence-corrected chi connectivity index (χ2v) is 8.61. The van der Waals surface area contributed by atoms with Gasteiger partial charge in [-0.15, -0.1) is 6.58 Å². The van der Waals surface area contributed by atoms with Crippen LogP contribution in [0.3, 0.4) is 0 Å². The van der Waals surface area contributed by atoms with E-state index in [0.717, 1.165) is 5.75 Å². The first-order valence-electron chi connectivity index (χ1n) is 4.60. The third kappa shape index (κ3) is 6.92. The minimum Gasteiger partial charge on any atom is -0.450 e. The van der Waals surface area contributed by atoms with Gasteiger partial charge < -0.3 is 4.74 Å². The molecule has 0 radical (unpaired) electrons. The summed E-state index contributed by atoms with van der Waals surface area (Å²) in [6.07, 6.45) is 4.97. The molecule has 0 fully saturated rings. The smallest absolute Gasteiger partial charge is 0.340 e. The molecule has 0 saturated carbocycles. The van der Waals surface area contributed by atoms with Crippen LogP contribution in [0.25, 0.3) is 0 Å². The number of rotatable bonds is 8. The predicted octanol–water partition coefficient (Wildman–Crippen LogP) is 4.06. The Balaban J connectivity index is 2.07. The van der Waals surface area contributed by atoms with E-state index in [9.17, 15) is 4.79 Å². The SMILES string of the molecule is C=CCSSSSCOC(=O)c1cccnc1. The number of hydrogen-bond donors (Lipinski definition) is 0. The number of esters is 1. The van der Waals surface area contributed by atoms with E-state index < -0.39 is 0 Å². The van der Waals surface area contributed by atoms with Gasteiger partial charge in [-0.25, -0.2) is 4.79 Å². The molecule has 92 valence electrons. The molecule has 3 nitrogen and oxygen atoms in total. The van der Waals surface area contributed by atoms with E-state index in [1.54, 1.807) is 48.8 Å². The fourth-order valence-electron chi connectivity index (χ4n) is 0.779. The zero-order valence-corrected chi connectivity index (χ0v) is 12.2. The lowest BCUT2D eigenvalue weighted by atomic mass is 10.3. The highest BCUT2D eigenvalue weighted by atomic mass is 33.7. The number of carbonyl (C=O) groups excluding carboxylic acids is 1. The number of ether oxygens (including phenoxy) is 1. The van der Waals surface area contributed by atoms with Crippen LogP contribution in [0.5, 0.6) is 0 Å². The fourth-order valence-corrected chi connectivity index (χ4v) is 5.84. The lowest BCUT2D eigenvalue weighted by Crippen LogP contribution is -2.04. The summed E-state index contributed by atoms with van der Waals surface area (Å²) in [6.45, 7) is 3.63. The van der Waals surface area contributed by atoms with Gasteiger partial charge in [0, 0.05) is 18.1 Å². The molecule has 0 bridgehead atoms. The van der Waals surface area contributed by atoms with Gasteiger partial charge in [-0.1, -0.05) is 16.9 Å². The van der Waals surface area contributed by atoms with Crippen molar-refractivity contribution in [1.29, 1.82) is 0 Å². The fraction of sp³-hybridized carbons (Fsp3) is 0.200. The Kier molecular flexibility index (Phi) is 8.50. The van der Waals surface area contributed by atoms with Crippen molar-refractivity contribution >= 4 is 47.2 Å². The third-order valence-corrected chi connectivity index (χ3v) is 7.45. The maximum atomic E-state index is 11.5. The molecule has 0 aromatic carbocycles. The summed E-state index contributed by atoms with van der Waals surface area (Å²) in [5, 5.41) is 0. The first-order chi connectivity index (χ1) is 8.34. The summed E-state index contributed by atoms with van der Waals surface area (Å²) >= 11 is 0. The minimum absolute atomic E-state index is 0.333. The molecule has 17 heavy (non-hydrogen) atoms. The number of pyridine rings is 1. The Bertz CT molecular complexity index is 347. The average Bonchev–Trinajstić information content (AvgIpc) is 2.38. The van der Waals surface area contributed by atoms with Crippen LogP contribution >= 0.6 is 41.2 Å². The molecule has 0 atom stereocenters. The van der Waals surface area contributed by atoms with E-state index >= 15 is 0 Å². The molecule has 1 rings (SSSR count). The maximum absolute atomic E-state index is 11.5. The molecular weight excluding hydrogens is 294 g/mol. The van der Waals surface area contributed by atoms with Gasteiger partial charge in [-0.2, -0.15) is 0 Å². The van der Waals surface area contributed by atoms with Crippen LogP contribution in [-0.4, -0.2) is 22.6 Å². The van der Waals surface area contributed by atoms with Gasteiger partial charge in [0.1, 0.15) is 5.94 Å². The van der Waals surface area contributed by atoms with E-state index in [4.69, 9.17) is 4.74 Å². The lowest BCUT2D eigenvalue weighted by Gasteiger charge is -2.02. The minimum atomic E-state index is -0.338. The van der Waals surface area contributed by atoms with Crippen LogP contribution in [0.2, 0.25) is 0 Å². The second-order valence-electron chi connectivity index (χ2n) is 2.62. The van der Waals surface area contributed by atoms with E-state index in [0.29, 0.717) is 11.5 Å². The average molecular weight is 305 g/mol. The van der Waals surface area contributed by atoms with Gasteiger partial charge in [0.15, 0.2) is 0 Å². The molecule has 1 aromatic rings. The van der Waals surface area contributed by atoms with Crippen molar-refractivity contribution in [3.05, 3.63) is 42.7 Å². The number of hydrogen-bond acceptors (Lipinski definition) is 7.